The van der Waals surface area contributed by atoms with Crippen LogP contribution in [0.25, 0.3) is 0 Å². The Morgan fingerprint density at radius 1 is 0.812 bits per heavy atom. The Hall–Kier alpha value is -0.200. The van der Waals surface area contributed by atoms with Gasteiger partial charge in [0.1, 0.15) is 0 Å². The first-order chi connectivity index (χ1) is 7.63. The molecule has 0 aliphatic carbocycles. The Balaban J connectivity index is 3.68. The van der Waals surface area contributed by atoms with E-state index in [9.17, 15) is 15.3 Å². The molecule has 0 saturated carbocycles. The van der Waals surface area contributed by atoms with Gasteiger partial charge in [-0.3, -0.25) is 0 Å². The molecule has 5 heteroatoms. The van der Waals surface area contributed by atoms with Gasteiger partial charge >= 0.3 is 0 Å². The van der Waals surface area contributed by atoms with Crippen LogP contribution in [0.4, 0.5) is 0 Å². The lowest BCUT2D eigenvalue weighted by atomic mass is 10.3. The van der Waals surface area contributed by atoms with Crippen LogP contribution in [0, 0.1) is 0 Å². The molecule has 0 aromatic rings. The van der Waals surface area contributed by atoms with E-state index < -0.39 is 18.7 Å². The van der Waals surface area contributed by atoms with Crippen LogP contribution in [0.2, 0.25) is 0 Å². The topological polar surface area (TPSA) is 79.2 Å². The summed E-state index contributed by atoms with van der Waals surface area (Å²) < 4.78 is 9.87. The van der Waals surface area contributed by atoms with E-state index in [-0.39, 0.29) is 0 Å². The van der Waals surface area contributed by atoms with Gasteiger partial charge in [-0.25, -0.2) is 0 Å². The van der Waals surface area contributed by atoms with Crippen molar-refractivity contribution in [3.63, 3.8) is 0 Å². The van der Waals surface area contributed by atoms with Crippen molar-refractivity contribution in [1.29, 1.82) is 0 Å². The van der Waals surface area contributed by atoms with Crippen molar-refractivity contribution in [2.24, 2.45) is 0 Å². The summed E-state index contributed by atoms with van der Waals surface area (Å²) in [6.07, 6.45) is -0.732. The molecule has 0 bridgehead atoms. The summed E-state index contributed by atoms with van der Waals surface area (Å²) in [5.41, 5.74) is 0. The van der Waals surface area contributed by atoms with Gasteiger partial charge in [0.15, 0.2) is 18.7 Å². The fraction of sp³-hybridized carbons (Fsp3) is 1.00. The van der Waals surface area contributed by atoms with Crippen LogP contribution in [-0.2, 0) is 9.47 Å². The number of aliphatic hydroxyl groups excluding tert-OH is 3. The number of unbranched alkanes of at least 4 members (excludes halogenated alkanes) is 2. The molecule has 0 aliphatic rings. The molecule has 0 rings (SSSR count). The zero-order valence-corrected chi connectivity index (χ0v) is 10.1. The molecule has 0 aliphatic heterocycles. The molecule has 5 nitrogen and oxygen atoms in total. The maximum Gasteiger partial charge on any atom is 0.185 e. The molecule has 0 aromatic carbocycles. The van der Waals surface area contributed by atoms with Crippen molar-refractivity contribution >= 4 is 0 Å². The Labute approximate surface area is 97.0 Å². The molecule has 0 fully saturated rings. The lowest BCUT2D eigenvalue weighted by Gasteiger charge is -2.22. The molecule has 0 aromatic heterocycles. The fourth-order valence-electron chi connectivity index (χ4n) is 1.03. The zero-order valence-electron chi connectivity index (χ0n) is 10.1. The highest BCUT2D eigenvalue weighted by Crippen LogP contribution is 2.05. The smallest absolute Gasteiger partial charge is 0.185 e. The second kappa shape index (κ2) is 9.99. The monoisotopic (exact) mass is 236 g/mol. The molecule has 0 saturated heterocycles. The van der Waals surface area contributed by atoms with Crippen LogP contribution >= 0.6 is 0 Å². The zero-order chi connectivity index (χ0) is 12.4. The average molecular weight is 236 g/mol. The number of hydrogen-bond donors (Lipinski definition) is 3. The quantitative estimate of drug-likeness (QED) is 0.383. The molecule has 16 heavy (non-hydrogen) atoms. The third kappa shape index (κ3) is 7.14. The summed E-state index contributed by atoms with van der Waals surface area (Å²) in [5.74, 6) is 0. The van der Waals surface area contributed by atoms with Gasteiger partial charge in [0.2, 0.25) is 0 Å². The first-order valence-electron chi connectivity index (χ1n) is 5.90. The number of rotatable bonds is 10. The first kappa shape index (κ1) is 15.8. The lowest BCUT2D eigenvalue weighted by molar-refractivity contribution is -0.245. The van der Waals surface area contributed by atoms with E-state index in [2.05, 4.69) is 0 Å². The molecule has 0 heterocycles. The molecular weight excluding hydrogens is 212 g/mol. The molecule has 3 N–H and O–H groups in total. The second-order valence-electron chi connectivity index (χ2n) is 3.72. The number of ether oxygens (including phenoxy) is 2. The van der Waals surface area contributed by atoms with Crippen molar-refractivity contribution in [2.45, 2.75) is 58.2 Å². The lowest BCUT2D eigenvalue weighted by Crippen LogP contribution is -2.40. The summed E-state index contributed by atoms with van der Waals surface area (Å²) in [6.45, 7) is 4.70. The minimum absolute atomic E-state index is 0.358. The predicted octanol–water partition coefficient (Wildman–Crippen LogP) is 0.617. The minimum atomic E-state index is -1.42. The van der Waals surface area contributed by atoms with Gasteiger partial charge in [0.25, 0.3) is 0 Å². The van der Waals surface area contributed by atoms with E-state index >= 15 is 0 Å². The molecule has 2 unspecified atom stereocenters. The second-order valence-corrected chi connectivity index (χ2v) is 3.72. The number of aliphatic hydroxyl groups is 3. The molecule has 2 atom stereocenters. The van der Waals surface area contributed by atoms with Gasteiger partial charge in [0.05, 0.1) is 0 Å². The van der Waals surface area contributed by atoms with E-state index in [4.69, 9.17) is 9.47 Å². The Morgan fingerprint density at radius 2 is 1.19 bits per heavy atom. The van der Waals surface area contributed by atoms with Crippen molar-refractivity contribution < 1.29 is 24.8 Å². The first-order valence-corrected chi connectivity index (χ1v) is 5.90. The Morgan fingerprint density at radius 3 is 1.50 bits per heavy atom. The van der Waals surface area contributed by atoms with Crippen molar-refractivity contribution in [2.75, 3.05) is 13.2 Å². The van der Waals surface area contributed by atoms with E-state index in [0.29, 0.717) is 13.2 Å². The average Bonchev–Trinajstić information content (AvgIpc) is 2.28. The maximum atomic E-state index is 9.43. The van der Waals surface area contributed by atoms with Gasteiger partial charge in [-0.1, -0.05) is 26.7 Å². The highest BCUT2D eigenvalue weighted by Gasteiger charge is 2.25. The molecule has 98 valence electrons. The van der Waals surface area contributed by atoms with Crippen molar-refractivity contribution in [1.82, 2.24) is 0 Å². The summed E-state index contributed by atoms with van der Waals surface area (Å²) in [5, 5.41) is 28.2. The van der Waals surface area contributed by atoms with Gasteiger partial charge < -0.3 is 24.8 Å². The van der Waals surface area contributed by atoms with Crippen LogP contribution < -0.4 is 0 Å². The largest absolute Gasteiger partial charge is 0.382 e. The summed E-state index contributed by atoms with van der Waals surface area (Å²) in [6, 6.07) is 0. The molecule has 0 spiro atoms. The predicted molar refractivity (Wildman–Crippen MR) is 59.7 cm³/mol. The Bertz CT molecular complexity index is 137. The van der Waals surface area contributed by atoms with Crippen molar-refractivity contribution in [3.8, 4) is 0 Å². The van der Waals surface area contributed by atoms with Gasteiger partial charge in [-0.15, -0.1) is 0 Å². The SMILES string of the molecule is CCCCOC(O)C(O)C(O)OCCCC. The third-order valence-electron chi connectivity index (χ3n) is 2.16. The molecular formula is C11H24O5. The maximum absolute atomic E-state index is 9.43. The highest BCUT2D eigenvalue weighted by molar-refractivity contribution is 4.61. The fourth-order valence-corrected chi connectivity index (χ4v) is 1.03. The van der Waals surface area contributed by atoms with Crippen LogP contribution in [0.1, 0.15) is 39.5 Å². The highest BCUT2D eigenvalue weighted by atomic mass is 16.6. The summed E-state index contributed by atoms with van der Waals surface area (Å²) in [7, 11) is 0. The van der Waals surface area contributed by atoms with Crippen LogP contribution in [-0.4, -0.2) is 47.2 Å². The van der Waals surface area contributed by atoms with E-state index in [0.717, 1.165) is 25.7 Å². The van der Waals surface area contributed by atoms with Gasteiger partial charge in [-0.05, 0) is 12.8 Å². The van der Waals surface area contributed by atoms with E-state index in [1.807, 2.05) is 13.8 Å². The van der Waals surface area contributed by atoms with Crippen molar-refractivity contribution in [3.05, 3.63) is 0 Å². The summed E-state index contributed by atoms with van der Waals surface area (Å²) >= 11 is 0. The summed E-state index contributed by atoms with van der Waals surface area (Å²) in [4.78, 5) is 0. The van der Waals surface area contributed by atoms with E-state index in [1.165, 1.54) is 0 Å². The van der Waals surface area contributed by atoms with Crippen LogP contribution in [0.15, 0.2) is 0 Å². The minimum Gasteiger partial charge on any atom is -0.382 e. The Kier molecular flexibility index (Phi) is 9.86. The normalized spacial score (nSPS) is 17.1. The van der Waals surface area contributed by atoms with E-state index in [1.54, 1.807) is 0 Å². The number of hydrogen-bond acceptors (Lipinski definition) is 5. The molecule has 0 radical (unpaired) electrons. The third-order valence-corrected chi connectivity index (χ3v) is 2.16. The van der Waals surface area contributed by atoms with Gasteiger partial charge in [0, 0.05) is 13.2 Å². The molecule has 0 amide bonds. The van der Waals surface area contributed by atoms with Gasteiger partial charge in [-0.2, -0.15) is 0 Å². The van der Waals surface area contributed by atoms with Crippen LogP contribution in [0.3, 0.4) is 0 Å². The standard InChI is InChI=1S/C11H24O5/c1-3-5-7-15-10(13)9(12)11(14)16-8-6-4-2/h9-14H,3-8H2,1-2H3. The van der Waals surface area contributed by atoms with Crippen LogP contribution in [0.5, 0.6) is 0 Å².